The van der Waals surface area contributed by atoms with Gasteiger partial charge < -0.3 is 4.55 Å². The molecule has 0 amide bonds. The Morgan fingerprint density at radius 2 is 2.00 bits per heavy atom. The van der Waals surface area contributed by atoms with Crippen molar-refractivity contribution in [2.75, 3.05) is 5.75 Å². The quantitative estimate of drug-likeness (QED) is 0.527. The largest absolute Gasteiger partial charge is 0.306 e. The topological polar surface area (TPSA) is 37.3 Å². The molecule has 0 saturated heterocycles. The Hall–Kier alpha value is 1.33. The summed E-state index contributed by atoms with van der Waals surface area (Å²) >= 11 is 4.07. The third-order valence-corrected chi connectivity index (χ3v) is 1.80. The zero-order valence-electron chi connectivity index (χ0n) is 4.38. The first kappa shape index (κ1) is 11.2. The van der Waals surface area contributed by atoms with Crippen molar-refractivity contribution in [3.63, 3.8) is 0 Å². The minimum atomic E-state index is -2.83. The van der Waals surface area contributed by atoms with Crippen LogP contribution in [0.15, 0.2) is 0 Å². The Kier molecular flexibility index (Phi) is 6.75. The van der Waals surface area contributed by atoms with Gasteiger partial charge in [-0.15, -0.1) is 0 Å². The van der Waals surface area contributed by atoms with E-state index in [0.29, 0.717) is 0 Å². The maximum atomic E-state index is 9.93. The summed E-state index contributed by atoms with van der Waals surface area (Å²) in [6.07, 6.45) is 0. The van der Waals surface area contributed by atoms with Gasteiger partial charge in [0.2, 0.25) is 0 Å². The summed E-state index contributed by atoms with van der Waals surface area (Å²) in [5.74, 6) is 0.169. The summed E-state index contributed by atoms with van der Waals surface area (Å²) in [5, 5.41) is 0. The molecule has 0 bridgehead atoms. The fourth-order valence-corrected chi connectivity index (χ4v) is 0. The van der Waals surface area contributed by atoms with E-state index in [-0.39, 0.29) is 35.3 Å². The van der Waals surface area contributed by atoms with Gasteiger partial charge in [-0.2, -0.15) is 0 Å². The van der Waals surface area contributed by atoms with Crippen molar-refractivity contribution in [1.82, 2.24) is 0 Å². The molecule has 0 aromatic rings. The Bertz CT molecular complexity index is 116. The van der Waals surface area contributed by atoms with E-state index in [0.717, 1.165) is 0 Å². The standard InChI is InChI=1S/C2H6O2S2.Na/c1-2-6(3,4)5;/h2H2,1H3,(H,3,4,5);. The smallest absolute Gasteiger partial charge is 0.141 e. The minimum absolute atomic E-state index is 0. The van der Waals surface area contributed by atoms with E-state index < -0.39 is 8.77 Å². The van der Waals surface area contributed by atoms with Crippen LogP contribution >= 0.6 is 0 Å². The molecule has 1 atom stereocenters. The van der Waals surface area contributed by atoms with Crippen LogP contribution in [0.1, 0.15) is 6.92 Å². The van der Waals surface area contributed by atoms with Gasteiger partial charge in [0.05, 0.1) is 0 Å². The van der Waals surface area contributed by atoms with E-state index in [9.17, 15) is 4.21 Å². The van der Waals surface area contributed by atoms with E-state index in [1.165, 1.54) is 0 Å². The first-order valence-electron chi connectivity index (χ1n) is 1.51. The molecule has 0 aliphatic carbocycles. The fourth-order valence-electron chi connectivity index (χ4n) is 0. The van der Waals surface area contributed by atoms with E-state index >= 15 is 0 Å². The molecule has 0 fully saturated rings. The summed E-state index contributed by atoms with van der Waals surface area (Å²) in [5.41, 5.74) is 0. The third-order valence-electron chi connectivity index (χ3n) is 0.365. The van der Waals surface area contributed by atoms with Gasteiger partial charge in [-0.25, -0.2) is 4.21 Å². The van der Waals surface area contributed by atoms with Crippen LogP contribution in [-0.4, -0.2) is 44.1 Å². The molecule has 0 aromatic carbocycles. The Morgan fingerprint density at radius 1 is 1.86 bits per heavy atom. The van der Waals surface area contributed by atoms with Crippen LogP contribution in [0.4, 0.5) is 0 Å². The number of rotatable bonds is 1. The second-order valence-corrected chi connectivity index (χ2v) is 4.17. The summed E-state index contributed by atoms with van der Waals surface area (Å²) in [7, 11) is -2.83. The first-order chi connectivity index (χ1) is 2.56. The second-order valence-electron chi connectivity index (χ2n) is 0.871. The molecule has 5 heteroatoms. The zero-order chi connectivity index (χ0) is 5.21. The van der Waals surface area contributed by atoms with Crippen LogP contribution in [0, 0.1) is 0 Å². The van der Waals surface area contributed by atoms with Crippen LogP contribution in [0.5, 0.6) is 0 Å². The van der Waals surface area contributed by atoms with Crippen LogP contribution < -0.4 is 0 Å². The van der Waals surface area contributed by atoms with Crippen molar-refractivity contribution >= 4 is 49.5 Å². The molecule has 1 N–H and O–H groups in total. The molecule has 0 saturated carbocycles. The van der Waals surface area contributed by atoms with E-state index in [1.807, 2.05) is 0 Å². The normalized spacial score (nSPS) is 16.9. The molecular weight excluding hydrogens is 143 g/mol. The SMILES string of the molecule is CCS(=O)(O)=S.[Na]. The Morgan fingerprint density at radius 3 is 2.00 bits per heavy atom. The van der Waals surface area contributed by atoms with Crippen molar-refractivity contribution in [1.29, 1.82) is 0 Å². The van der Waals surface area contributed by atoms with Gasteiger partial charge in [0.1, 0.15) is 8.77 Å². The molecule has 2 nitrogen and oxygen atoms in total. The molecule has 0 spiro atoms. The molecule has 1 radical (unpaired) electrons. The fraction of sp³-hybridized carbons (Fsp3) is 1.00. The predicted molar refractivity (Wildman–Crippen MR) is 34.4 cm³/mol. The first-order valence-corrected chi connectivity index (χ1v) is 4.12. The Balaban J connectivity index is 0. The van der Waals surface area contributed by atoms with Crippen molar-refractivity contribution in [3.05, 3.63) is 0 Å². The second kappa shape index (κ2) is 4.23. The van der Waals surface area contributed by atoms with Gasteiger partial charge in [0.15, 0.2) is 0 Å². The van der Waals surface area contributed by atoms with E-state index in [4.69, 9.17) is 4.55 Å². The summed E-state index contributed by atoms with van der Waals surface area (Å²) in [6, 6.07) is 0. The van der Waals surface area contributed by atoms with Gasteiger partial charge >= 0.3 is 0 Å². The monoisotopic (exact) mass is 149 g/mol. The zero-order valence-corrected chi connectivity index (χ0v) is 8.01. The minimum Gasteiger partial charge on any atom is -0.306 e. The van der Waals surface area contributed by atoms with E-state index in [2.05, 4.69) is 11.2 Å². The maximum absolute atomic E-state index is 9.93. The Labute approximate surface area is 70.5 Å². The molecule has 39 valence electrons. The van der Waals surface area contributed by atoms with Crippen LogP contribution in [0.2, 0.25) is 0 Å². The van der Waals surface area contributed by atoms with Gasteiger partial charge in [-0.3, -0.25) is 0 Å². The summed E-state index contributed by atoms with van der Waals surface area (Å²) in [6.45, 7) is 1.58. The van der Waals surface area contributed by atoms with Crippen LogP contribution in [0.25, 0.3) is 0 Å². The van der Waals surface area contributed by atoms with Crippen molar-refractivity contribution in [3.8, 4) is 0 Å². The molecule has 0 aliphatic rings. The van der Waals surface area contributed by atoms with Crippen molar-refractivity contribution in [2.24, 2.45) is 0 Å². The van der Waals surface area contributed by atoms with Crippen molar-refractivity contribution < 1.29 is 8.76 Å². The average molecular weight is 149 g/mol. The molecule has 7 heavy (non-hydrogen) atoms. The number of hydrogen-bond donors (Lipinski definition) is 1. The molecular formula is C2H6NaO2S2. The predicted octanol–water partition coefficient (Wildman–Crippen LogP) is -0.155. The average Bonchev–Trinajstić information content (AvgIpc) is 1.35. The summed E-state index contributed by atoms with van der Waals surface area (Å²) < 4.78 is 18.1. The molecule has 0 aliphatic heterocycles. The third kappa shape index (κ3) is 11.1. The summed E-state index contributed by atoms with van der Waals surface area (Å²) in [4.78, 5) is 0. The molecule has 1 unspecified atom stereocenters. The van der Waals surface area contributed by atoms with Gasteiger partial charge in [0, 0.05) is 46.5 Å². The van der Waals surface area contributed by atoms with Crippen LogP contribution in [0.3, 0.4) is 0 Å². The van der Waals surface area contributed by atoms with Crippen LogP contribution in [-0.2, 0) is 20.0 Å². The molecule has 0 heterocycles. The molecule has 0 aromatic heterocycles. The van der Waals surface area contributed by atoms with Gasteiger partial charge in [0.25, 0.3) is 0 Å². The van der Waals surface area contributed by atoms with E-state index in [1.54, 1.807) is 6.92 Å². The number of hydrogen-bond acceptors (Lipinski definition) is 2. The van der Waals surface area contributed by atoms with Gasteiger partial charge in [-0.1, -0.05) is 6.92 Å². The maximum Gasteiger partial charge on any atom is 0.141 e. The van der Waals surface area contributed by atoms with Crippen molar-refractivity contribution in [2.45, 2.75) is 6.92 Å². The molecule has 0 rings (SSSR count). The van der Waals surface area contributed by atoms with Gasteiger partial charge in [-0.05, 0) is 0 Å².